The maximum absolute atomic E-state index is 12.8. The quantitative estimate of drug-likeness (QED) is 0.342. The standard InChI is InChI=1S/C23H22ClN3O3S2/c1-15(27-32(29,30)22-11-6-12-31-22)23(28)26-14-18(16-7-2-4-9-20(16)24)19-13-25-21-10-5-3-8-17(19)21/h2-13,15,18,25,27H,14H2,1H3,(H,26,28). The van der Waals surface area contributed by atoms with Gasteiger partial charge in [0.05, 0.1) is 6.04 Å². The van der Waals surface area contributed by atoms with Gasteiger partial charge in [-0.2, -0.15) is 4.72 Å². The first kappa shape index (κ1) is 22.5. The molecular weight excluding hydrogens is 466 g/mol. The highest BCUT2D eigenvalue weighted by molar-refractivity contribution is 7.91. The van der Waals surface area contributed by atoms with Crippen molar-refractivity contribution in [1.29, 1.82) is 0 Å². The number of carbonyl (C=O) groups excluding carboxylic acids is 1. The first-order valence-electron chi connectivity index (χ1n) is 10.0. The van der Waals surface area contributed by atoms with Crippen LogP contribution in [-0.4, -0.2) is 31.9 Å². The third-order valence-corrected chi connectivity index (χ3v) is 8.53. The summed E-state index contributed by atoms with van der Waals surface area (Å²) in [6, 6.07) is 17.7. The molecule has 0 aliphatic heterocycles. The molecule has 166 valence electrons. The number of carbonyl (C=O) groups is 1. The van der Waals surface area contributed by atoms with Crippen LogP contribution in [0.3, 0.4) is 0 Å². The summed E-state index contributed by atoms with van der Waals surface area (Å²) < 4.78 is 27.5. The van der Waals surface area contributed by atoms with Crippen LogP contribution in [0, 0.1) is 0 Å². The molecule has 3 N–H and O–H groups in total. The van der Waals surface area contributed by atoms with Crippen molar-refractivity contribution < 1.29 is 13.2 Å². The molecule has 0 fully saturated rings. The van der Waals surface area contributed by atoms with Crippen LogP contribution < -0.4 is 10.0 Å². The highest BCUT2D eigenvalue weighted by Gasteiger charge is 2.25. The van der Waals surface area contributed by atoms with Crippen LogP contribution in [0.1, 0.15) is 24.0 Å². The van der Waals surface area contributed by atoms with Gasteiger partial charge in [-0.1, -0.05) is 54.1 Å². The minimum Gasteiger partial charge on any atom is -0.361 e. The van der Waals surface area contributed by atoms with E-state index in [9.17, 15) is 13.2 Å². The van der Waals surface area contributed by atoms with E-state index < -0.39 is 22.0 Å². The van der Waals surface area contributed by atoms with Crippen LogP contribution in [0.4, 0.5) is 0 Å². The summed E-state index contributed by atoms with van der Waals surface area (Å²) in [6.45, 7) is 1.78. The second-order valence-corrected chi connectivity index (χ2v) is 10.7. The third kappa shape index (κ3) is 4.73. The molecule has 0 bridgehead atoms. The number of rotatable bonds is 8. The van der Waals surface area contributed by atoms with Gasteiger partial charge in [0.25, 0.3) is 10.0 Å². The monoisotopic (exact) mass is 487 g/mol. The molecule has 2 atom stereocenters. The number of halogens is 1. The number of thiophene rings is 1. The van der Waals surface area contributed by atoms with Gasteiger partial charge >= 0.3 is 0 Å². The van der Waals surface area contributed by atoms with E-state index in [0.29, 0.717) is 5.02 Å². The van der Waals surface area contributed by atoms with Gasteiger partial charge in [0.15, 0.2) is 0 Å². The molecule has 2 aromatic carbocycles. The van der Waals surface area contributed by atoms with Crippen molar-refractivity contribution in [2.45, 2.75) is 23.1 Å². The fourth-order valence-electron chi connectivity index (χ4n) is 3.64. The number of amides is 1. The first-order valence-corrected chi connectivity index (χ1v) is 12.7. The lowest BCUT2D eigenvalue weighted by molar-refractivity contribution is -0.122. The molecule has 9 heteroatoms. The molecule has 0 saturated heterocycles. The third-order valence-electron chi connectivity index (χ3n) is 5.24. The minimum absolute atomic E-state index is 0.171. The average Bonchev–Trinajstić information content (AvgIpc) is 3.46. The lowest BCUT2D eigenvalue weighted by Gasteiger charge is -2.21. The second kappa shape index (κ2) is 9.46. The summed E-state index contributed by atoms with van der Waals surface area (Å²) in [5.74, 6) is -0.632. The van der Waals surface area contributed by atoms with E-state index >= 15 is 0 Å². The molecule has 32 heavy (non-hydrogen) atoms. The summed E-state index contributed by atoms with van der Waals surface area (Å²) in [6.07, 6.45) is 1.92. The predicted octanol–water partition coefficient (Wildman–Crippen LogP) is 4.50. The Bertz CT molecular complexity index is 1330. The average molecular weight is 488 g/mol. The zero-order valence-electron chi connectivity index (χ0n) is 17.2. The molecule has 0 spiro atoms. The van der Waals surface area contributed by atoms with Gasteiger partial charge in [-0.25, -0.2) is 8.42 Å². The lowest BCUT2D eigenvalue weighted by atomic mass is 9.90. The second-order valence-electron chi connectivity index (χ2n) is 7.38. The van der Waals surface area contributed by atoms with E-state index in [-0.39, 0.29) is 16.7 Å². The summed E-state index contributed by atoms with van der Waals surface area (Å²) in [4.78, 5) is 16.0. The molecule has 2 aromatic heterocycles. The molecule has 4 aromatic rings. The molecule has 2 unspecified atom stereocenters. The van der Waals surface area contributed by atoms with E-state index in [4.69, 9.17) is 11.6 Å². The van der Waals surface area contributed by atoms with Crippen molar-refractivity contribution in [3.05, 3.63) is 88.4 Å². The van der Waals surface area contributed by atoms with Gasteiger partial charge in [-0.15, -0.1) is 11.3 Å². The van der Waals surface area contributed by atoms with E-state index in [1.165, 1.54) is 13.0 Å². The Balaban J connectivity index is 1.56. The zero-order chi connectivity index (χ0) is 22.7. The Kier molecular flexibility index (Phi) is 6.66. The SMILES string of the molecule is CC(NS(=O)(=O)c1cccs1)C(=O)NCC(c1ccccc1Cl)c1c[nH]c2ccccc12. The summed E-state index contributed by atoms with van der Waals surface area (Å²) in [5, 5.41) is 6.21. The molecular formula is C23H22ClN3O3S2. The van der Waals surface area contributed by atoms with Crippen LogP contribution in [0.25, 0.3) is 10.9 Å². The van der Waals surface area contributed by atoms with E-state index in [0.717, 1.165) is 33.4 Å². The molecule has 2 heterocycles. The highest BCUT2D eigenvalue weighted by atomic mass is 35.5. The minimum atomic E-state index is -3.75. The van der Waals surface area contributed by atoms with Crippen molar-refractivity contribution in [1.82, 2.24) is 15.0 Å². The zero-order valence-corrected chi connectivity index (χ0v) is 19.6. The summed E-state index contributed by atoms with van der Waals surface area (Å²) in [7, 11) is -3.75. The van der Waals surface area contributed by atoms with Crippen molar-refractivity contribution >= 4 is 49.8 Å². The molecule has 0 aliphatic rings. The van der Waals surface area contributed by atoms with Gasteiger partial charge in [0.1, 0.15) is 4.21 Å². The van der Waals surface area contributed by atoms with Gasteiger partial charge in [-0.05, 0) is 41.6 Å². The van der Waals surface area contributed by atoms with Crippen LogP contribution in [-0.2, 0) is 14.8 Å². The van der Waals surface area contributed by atoms with Gasteiger partial charge in [-0.3, -0.25) is 4.79 Å². The van der Waals surface area contributed by atoms with Crippen LogP contribution >= 0.6 is 22.9 Å². The molecule has 4 rings (SSSR count). The summed E-state index contributed by atoms with van der Waals surface area (Å²) in [5.41, 5.74) is 2.87. The Labute approximate surface area is 195 Å². The van der Waals surface area contributed by atoms with Crippen molar-refractivity contribution in [2.24, 2.45) is 0 Å². The Morgan fingerprint density at radius 1 is 1.06 bits per heavy atom. The number of fused-ring (bicyclic) bond motifs is 1. The number of benzene rings is 2. The van der Waals surface area contributed by atoms with Crippen LogP contribution in [0.5, 0.6) is 0 Å². The highest BCUT2D eigenvalue weighted by Crippen LogP contribution is 2.34. The number of hydrogen-bond acceptors (Lipinski definition) is 4. The van der Waals surface area contributed by atoms with Gasteiger partial charge in [0.2, 0.25) is 5.91 Å². The van der Waals surface area contributed by atoms with Crippen LogP contribution in [0.15, 0.2) is 76.4 Å². The van der Waals surface area contributed by atoms with Crippen molar-refractivity contribution in [3.8, 4) is 0 Å². The molecule has 0 aliphatic carbocycles. The molecule has 0 radical (unpaired) electrons. The van der Waals surface area contributed by atoms with E-state index in [2.05, 4.69) is 15.0 Å². The summed E-state index contributed by atoms with van der Waals surface area (Å²) >= 11 is 7.60. The normalized spacial score (nSPS) is 13.7. The Morgan fingerprint density at radius 3 is 2.56 bits per heavy atom. The fraction of sp³-hybridized carbons (Fsp3) is 0.174. The number of sulfonamides is 1. The lowest BCUT2D eigenvalue weighted by Crippen LogP contribution is -2.45. The largest absolute Gasteiger partial charge is 0.361 e. The predicted molar refractivity (Wildman–Crippen MR) is 129 cm³/mol. The molecule has 6 nitrogen and oxygen atoms in total. The molecule has 0 saturated carbocycles. The van der Waals surface area contributed by atoms with E-state index in [1.807, 2.05) is 54.7 Å². The topological polar surface area (TPSA) is 91.1 Å². The van der Waals surface area contributed by atoms with Gasteiger partial charge in [0, 0.05) is 34.6 Å². The Morgan fingerprint density at radius 2 is 1.81 bits per heavy atom. The first-order chi connectivity index (χ1) is 15.4. The molecule has 1 amide bonds. The fourth-order valence-corrected chi connectivity index (χ4v) is 6.12. The smallest absolute Gasteiger partial charge is 0.250 e. The van der Waals surface area contributed by atoms with Crippen LogP contribution in [0.2, 0.25) is 5.02 Å². The number of nitrogens with one attached hydrogen (secondary N) is 3. The number of aromatic nitrogens is 1. The van der Waals surface area contributed by atoms with Gasteiger partial charge < -0.3 is 10.3 Å². The van der Waals surface area contributed by atoms with Crippen molar-refractivity contribution in [2.75, 3.05) is 6.54 Å². The number of hydrogen-bond donors (Lipinski definition) is 3. The Hall–Kier alpha value is -2.65. The maximum Gasteiger partial charge on any atom is 0.250 e. The number of H-pyrrole nitrogens is 1. The van der Waals surface area contributed by atoms with E-state index in [1.54, 1.807) is 11.4 Å². The number of para-hydroxylation sites is 1. The number of aromatic amines is 1. The van der Waals surface area contributed by atoms with Crippen molar-refractivity contribution in [3.63, 3.8) is 0 Å². The maximum atomic E-state index is 12.8.